The van der Waals surface area contributed by atoms with Crippen LogP contribution in [0.25, 0.3) is 0 Å². The van der Waals surface area contributed by atoms with Crippen LogP contribution in [0.5, 0.6) is 5.75 Å². The minimum Gasteiger partial charge on any atom is -0.497 e. The number of carbonyl (C=O) groups is 1. The predicted octanol–water partition coefficient (Wildman–Crippen LogP) is 9.83. The number of ether oxygens (including phenoxy) is 3. The van der Waals surface area contributed by atoms with Crippen LogP contribution in [0.15, 0.2) is 48.5 Å². The van der Waals surface area contributed by atoms with E-state index < -0.39 is 17.2 Å². The van der Waals surface area contributed by atoms with Gasteiger partial charge >= 0.3 is 12.3 Å². The minimum absolute atomic E-state index is 0.0725. The summed E-state index contributed by atoms with van der Waals surface area (Å²) in [7, 11) is 1.65. The Hall–Kier alpha value is -2.82. The highest BCUT2D eigenvalue weighted by atomic mass is 19.4. The van der Waals surface area contributed by atoms with Gasteiger partial charge in [0.25, 0.3) is 0 Å². The lowest BCUT2D eigenvalue weighted by atomic mass is 9.67. The molecule has 0 N–H and O–H groups in total. The first kappa shape index (κ1) is 42.3. The van der Waals surface area contributed by atoms with Crippen LogP contribution in [-0.4, -0.2) is 97.7 Å². The topological polar surface area (TPSA) is 54.5 Å². The van der Waals surface area contributed by atoms with E-state index in [1.54, 1.807) is 7.11 Å². The van der Waals surface area contributed by atoms with E-state index in [1.807, 2.05) is 42.7 Å². The number of amides is 1. The highest BCUT2D eigenvalue weighted by molar-refractivity contribution is 5.68. The molecule has 3 fully saturated rings. The first-order valence-corrected chi connectivity index (χ1v) is 20.1. The average Bonchev–Trinajstić information content (AvgIpc) is 3.10. The van der Waals surface area contributed by atoms with Gasteiger partial charge in [-0.25, -0.2) is 4.79 Å². The first-order chi connectivity index (χ1) is 25.3. The third-order valence-electron chi connectivity index (χ3n) is 12.1. The molecule has 0 unspecified atom stereocenters. The number of rotatable bonds is 12. The molecule has 54 heavy (non-hydrogen) atoms. The Balaban J connectivity index is 1.19. The second-order valence-electron chi connectivity index (χ2n) is 18.6. The summed E-state index contributed by atoms with van der Waals surface area (Å²) in [6.45, 7) is 18.4. The molecule has 5 rings (SSSR count). The molecule has 3 aliphatic rings. The molecular formula is C44H66F3N3O4. The van der Waals surface area contributed by atoms with Crippen molar-refractivity contribution in [3.05, 3.63) is 65.2 Å². The fraction of sp³-hybridized carbons (Fsp3) is 0.705. The van der Waals surface area contributed by atoms with Gasteiger partial charge in [-0.3, -0.25) is 9.80 Å². The van der Waals surface area contributed by atoms with Crippen molar-refractivity contribution in [1.82, 2.24) is 14.7 Å². The Kier molecular flexibility index (Phi) is 13.4. The van der Waals surface area contributed by atoms with Gasteiger partial charge in [0, 0.05) is 57.8 Å². The first-order valence-electron chi connectivity index (χ1n) is 20.1. The fourth-order valence-electron chi connectivity index (χ4n) is 8.90. The summed E-state index contributed by atoms with van der Waals surface area (Å²) in [5.74, 6) is 1.94. The van der Waals surface area contributed by atoms with Crippen molar-refractivity contribution in [3.63, 3.8) is 0 Å². The maximum absolute atomic E-state index is 14.3. The minimum atomic E-state index is -4.31. The molecule has 2 aromatic carbocycles. The maximum Gasteiger partial charge on any atom is 0.410 e. The largest absolute Gasteiger partial charge is 0.497 e. The lowest BCUT2D eigenvalue weighted by Crippen LogP contribution is -2.51. The van der Waals surface area contributed by atoms with Crippen LogP contribution in [0.3, 0.4) is 0 Å². The Morgan fingerprint density at radius 3 is 2.09 bits per heavy atom. The molecule has 1 aliphatic carbocycles. The number of hydrogen-bond donors (Lipinski definition) is 0. The summed E-state index contributed by atoms with van der Waals surface area (Å²) >= 11 is 0. The second kappa shape index (κ2) is 17.1. The van der Waals surface area contributed by atoms with Crippen molar-refractivity contribution in [3.8, 4) is 5.75 Å². The molecule has 1 atom stereocenters. The monoisotopic (exact) mass is 758 g/mol. The number of methoxy groups -OCH3 is 1. The summed E-state index contributed by atoms with van der Waals surface area (Å²) in [6, 6.07) is 16.9. The zero-order chi connectivity index (χ0) is 39.4. The number of halogens is 3. The molecule has 1 saturated carbocycles. The Morgan fingerprint density at radius 2 is 1.54 bits per heavy atom. The van der Waals surface area contributed by atoms with E-state index in [9.17, 15) is 18.0 Å². The van der Waals surface area contributed by atoms with Gasteiger partial charge in [-0.15, -0.1) is 0 Å². The van der Waals surface area contributed by atoms with Crippen LogP contribution in [0.2, 0.25) is 0 Å². The van der Waals surface area contributed by atoms with Crippen LogP contribution in [0.1, 0.15) is 116 Å². The Labute approximate surface area is 322 Å². The molecule has 0 spiro atoms. The van der Waals surface area contributed by atoms with Gasteiger partial charge in [0.15, 0.2) is 0 Å². The van der Waals surface area contributed by atoms with E-state index in [4.69, 9.17) is 14.2 Å². The van der Waals surface area contributed by atoms with Gasteiger partial charge in [-0.2, -0.15) is 13.2 Å². The zero-order valence-electron chi connectivity index (χ0n) is 34.2. The zero-order valence-corrected chi connectivity index (χ0v) is 34.2. The lowest BCUT2D eigenvalue weighted by molar-refractivity contribution is -0.217. The highest BCUT2D eigenvalue weighted by Crippen LogP contribution is 2.45. The van der Waals surface area contributed by atoms with Crippen molar-refractivity contribution >= 4 is 6.09 Å². The summed E-state index contributed by atoms with van der Waals surface area (Å²) < 4.78 is 59.9. The number of benzene rings is 2. The van der Waals surface area contributed by atoms with Crippen LogP contribution in [-0.2, 0) is 21.4 Å². The molecule has 2 aliphatic heterocycles. The third-order valence-corrected chi connectivity index (χ3v) is 12.1. The van der Waals surface area contributed by atoms with Crippen LogP contribution >= 0.6 is 0 Å². The molecule has 2 heterocycles. The van der Waals surface area contributed by atoms with Gasteiger partial charge in [-0.1, -0.05) is 36.4 Å². The number of alkyl halides is 3. The quantitative estimate of drug-likeness (QED) is 0.215. The Bertz CT molecular complexity index is 1490. The van der Waals surface area contributed by atoms with Gasteiger partial charge in [0.2, 0.25) is 0 Å². The lowest BCUT2D eigenvalue weighted by Gasteiger charge is -2.46. The highest BCUT2D eigenvalue weighted by Gasteiger charge is 2.48. The van der Waals surface area contributed by atoms with E-state index in [1.165, 1.54) is 37.8 Å². The standard InChI is InChI=1S/C44H66F3N3O4/c1-40(2,3)54-39(51)50-26-24-48(25-27-50)29-33-9-13-35(14-10-33)36-15-11-34(12-16-36)30-49(32-41(4,5)44(45,46)47)23-21-43(22-28-53-42(6,7)31-43)37-17-19-38(52-8)20-18-37/h11-12,15-20,33,35H,9-10,13-14,21-32H2,1-8H3/t33?,35?,43-/m1/s1. The van der Waals surface area contributed by atoms with Crippen molar-refractivity contribution < 1.29 is 32.2 Å². The van der Waals surface area contributed by atoms with Crippen molar-refractivity contribution in [1.29, 1.82) is 0 Å². The molecule has 10 heteroatoms. The number of carbonyl (C=O) groups excluding carboxylic acids is 1. The van der Waals surface area contributed by atoms with Crippen molar-refractivity contribution in [2.75, 3.05) is 59.5 Å². The molecule has 302 valence electrons. The smallest absolute Gasteiger partial charge is 0.410 e. The average molecular weight is 758 g/mol. The molecule has 0 bridgehead atoms. The maximum atomic E-state index is 14.3. The SMILES string of the molecule is COc1ccc([C@]2(CCN(Cc3ccc(C4CCC(CN5CCN(C(=O)OC(C)(C)C)CC5)CC4)cc3)CC(C)(C)C(F)(F)F)CCOC(C)(C)C2)cc1. The van der Waals surface area contributed by atoms with Crippen molar-refractivity contribution in [2.45, 2.75) is 129 Å². The van der Waals surface area contributed by atoms with E-state index in [-0.39, 0.29) is 23.7 Å². The molecule has 0 radical (unpaired) electrons. The number of nitrogens with zero attached hydrogens (tertiary/aromatic N) is 3. The van der Waals surface area contributed by atoms with Gasteiger partial charge < -0.3 is 19.1 Å². The van der Waals surface area contributed by atoms with E-state index in [0.29, 0.717) is 44.6 Å². The fourth-order valence-corrected chi connectivity index (χ4v) is 8.90. The van der Waals surface area contributed by atoms with Crippen LogP contribution in [0.4, 0.5) is 18.0 Å². The van der Waals surface area contributed by atoms with Crippen molar-refractivity contribution in [2.24, 2.45) is 11.3 Å². The van der Waals surface area contributed by atoms with E-state index in [2.05, 4.69) is 55.1 Å². The van der Waals surface area contributed by atoms with E-state index in [0.717, 1.165) is 63.1 Å². The molecule has 7 nitrogen and oxygen atoms in total. The molecule has 2 saturated heterocycles. The molecule has 0 aromatic heterocycles. The van der Waals surface area contributed by atoms with Gasteiger partial charge in [0.1, 0.15) is 11.4 Å². The number of hydrogen-bond acceptors (Lipinski definition) is 6. The molecular weight excluding hydrogens is 691 g/mol. The Morgan fingerprint density at radius 1 is 0.907 bits per heavy atom. The van der Waals surface area contributed by atoms with E-state index >= 15 is 0 Å². The number of piperazine rings is 1. The normalized spacial score (nSPS) is 24.4. The summed E-state index contributed by atoms with van der Waals surface area (Å²) in [4.78, 5) is 18.8. The van der Waals surface area contributed by atoms with Crippen LogP contribution < -0.4 is 4.74 Å². The third kappa shape index (κ3) is 11.4. The molecule has 2 aromatic rings. The van der Waals surface area contributed by atoms with Gasteiger partial charge in [0.05, 0.1) is 18.1 Å². The summed E-state index contributed by atoms with van der Waals surface area (Å²) in [5.41, 5.74) is 0.685. The predicted molar refractivity (Wildman–Crippen MR) is 209 cm³/mol. The summed E-state index contributed by atoms with van der Waals surface area (Å²) in [6.07, 6.45) is 2.46. The van der Waals surface area contributed by atoms with Crippen LogP contribution in [0, 0.1) is 11.3 Å². The summed E-state index contributed by atoms with van der Waals surface area (Å²) in [5, 5.41) is 0. The molecule has 1 amide bonds. The van der Waals surface area contributed by atoms with Gasteiger partial charge in [-0.05, 0) is 141 Å². The second-order valence-corrected chi connectivity index (χ2v) is 18.6.